The zero-order valence-electron chi connectivity index (χ0n) is 9.34. The third-order valence-corrected chi connectivity index (χ3v) is 1.91. The molecule has 0 aliphatic rings. The van der Waals surface area contributed by atoms with Crippen LogP contribution in [0, 0.1) is 10.1 Å². The largest absolute Gasteiger partial charge is 0.388 e. The van der Waals surface area contributed by atoms with Gasteiger partial charge in [-0.2, -0.15) is 5.10 Å². The molecule has 17 heavy (non-hydrogen) atoms. The fourth-order valence-corrected chi connectivity index (χ4v) is 1.27. The highest BCUT2D eigenvalue weighted by atomic mass is 16.6. The molecule has 0 saturated heterocycles. The second-order valence-corrected chi connectivity index (χ2v) is 3.15. The Morgan fingerprint density at radius 3 is 2.65 bits per heavy atom. The summed E-state index contributed by atoms with van der Waals surface area (Å²) in [5.74, 6) is 0. The minimum absolute atomic E-state index is 0.121. The molecule has 1 aromatic heterocycles. The Kier molecular flexibility index (Phi) is 4.29. The Bertz CT molecular complexity index is 535. The Balaban J connectivity index is 0.000000437. The minimum atomic E-state index is -0.548. The van der Waals surface area contributed by atoms with Gasteiger partial charge in [-0.25, -0.2) is 0 Å². The van der Waals surface area contributed by atoms with Crippen molar-refractivity contribution in [3.8, 4) is 0 Å². The molecule has 0 amide bonds. The number of nitro benzene ring substituents is 1. The van der Waals surface area contributed by atoms with E-state index in [0.29, 0.717) is 17.2 Å². The van der Waals surface area contributed by atoms with Crippen LogP contribution in [0.1, 0.15) is 10.4 Å². The first-order chi connectivity index (χ1) is 8.13. The van der Waals surface area contributed by atoms with Crippen molar-refractivity contribution in [1.29, 1.82) is 0 Å². The third-order valence-electron chi connectivity index (χ3n) is 1.91. The Morgan fingerprint density at radius 2 is 2.12 bits per heavy atom. The maximum Gasteiger partial charge on any atom is 0.272 e. The van der Waals surface area contributed by atoms with E-state index in [9.17, 15) is 14.9 Å². The molecular weight excluding hydrogens is 226 g/mol. The van der Waals surface area contributed by atoms with Gasteiger partial charge in [-0.05, 0) is 0 Å². The number of aldehydes is 1. The van der Waals surface area contributed by atoms with Crippen LogP contribution in [0.4, 0.5) is 5.69 Å². The maximum atomic E-state index is 10.6. The van der Waals surface area contributed by atoms with Crippen molar-refractivity contribution in [3.05, 3.63) is 34.0 Å². The number of aromatic amines is 1. The van der Waals surface area contributed by atoms with Crippen LogP contribution in [-0.2, 0) is 4.74 Å². The number of hydrogen-bond acceptors (Lipinski definition) is 5. The van der Waals surface area contributed by atoms with Crippen LogP contribution >= 0.6 is 0 Å². The number of fused-ring (bicyclic) bond motifs is 1. The summed E-state index contributed by atoms with van der Waals surface area (Å²) in [5.41, 5.74) is 0.633. The lowest BCUT2D eigenvalue weighted by Crippen LogP contribution is -1.90. The lowest BCUT2D eigenvalue weighted by molar-refractivity contribution is -0.384. The van der Waals surface area contributed by atoms with Crippen LogP contribution in [0.2, 0.25) is 0 Å². The predicted molar refractivity (Wildman–Crippen MR) is 61.1 cm³/mol. The van der Waals surface area contributed by atoms with Crippen molar-refractivity contribution < 1.29 is 14.5 Å². The number of nitrogens with one attached hydrogen (secondary N) is 1. The SMILES string of the molecule is COC.O=Cc1cc([N+](=O)[O-])cc2[nH]ncc12. The molecule has 7 heteroatoms. The molecule has 0 fully saturated rings. The second kappa shape index (κ2) is 5.71. The first-order valence-corrected chi connectivity index (χ1v) is 4.60. The molecule has 1 N–H and O–H groups in total. The van der Waals surface area contributed by atoms with Crippen molar-refractivity contribution >= 4 is 22.9 Å². The number of carbonyl (C=O) groups is 1. The van der Waals surface area contributed by atoms with Gasteiger partial charge in [0.05, 0.1) is 16.6 Å². The number of non-ortho nitro benzene ring substituents is 1. The van der Waals surface area contributed by atoms with Gasteiger partial charge in [0.2, 0.25) is 0 Å². The van der Waals surface area contributed by atoms with E-state index in [1.54, 1.807) is 14.2 Å². The van der Waals surface area contributed by atoms with E-state index in [0.717, 1.165) is 0 Å². The summed E-state index contributed by atoms with van der Waals surface area (Å²) in [6.07, 6.45) is 2.04. The highest BCUT2D eigenvalue weighted by Gasteiger charge is 2.11. The number of methoxy groups -OCH3 is 1. The molecular formula is C10H11N3O4. The van der Waals surface area contributed by atoms with Gasteiger partial charge in [-0.3, -0.25) is 20.0 Å². The van der Waals surface area contributed by atoms with Crippen molar-refractivity contribution in [2.75, 3.05) is 14.2 Å². The summed E-state index contributed by atoms with van der Waals surface area (Å²) in [7, 11) is 3.25. The Hall–Kier alpha value is -2.28. The smallest absolute Gasteiger partial charge is 0.272 e. The summed E-state index contributed by atoms with van der Waals surface area (Å²) in [6.45, 7) is 0. The van der Waals surface area contributed by atoms with Crippen LogP contribution < -0.4 is 0 Å². The van der Waals surface area contributed by atoms with E-state index in [-0.39, 0.29) is 11.3 Å². The number of aromatic nitrogens is 2. The average Bonchev–Trinajstić information content (AvgIpc) is 2.76. The quantitative estimate of drug-likeness (QED) is 0.485. The van der Waals surface area contributed by atoms with E-state index < -0.39 is 4.92 Å². The summed E-state index contributed by atoms with van der Waals surface area (Å²) >= 11 is 0. The summed E-state index contributed by atoms with van der Waals surface area (Å²) < 4.78 is 4.25. The molecule has 0 saturated carbocycles. The Labute approximate surface area is 96.5 Å². The zero-order chi connectivity index (χ0) is 12.8. The number of ether oxygens (including phenoxy) is 1. The second-order valence-electron chi connectivity index (χ2n) is 3.15. The van der Waals surface area contributed by atoms with Gasteiger partial charge >= 0.3 is 0 Å². The fraction of sp³-hybridized carbons (Fsp3) is 0.200. The van der Waals surface area contributed by atoms with Gasteiger partial charge in [-0.1, -0.05) is 0 Å². The summed E-state index contributed by atoms with van der Waals surface area (Å²) in [4.78, 5) is 20.6. The highest BCUT2D eigenvalue weighted by molar-refractivity contribution is 5.97. The van der Waals surface area contributed by atoms with Gasteiger partial charge in [0.25, 0.3) is 5.69 Å². The fourth-order valence-electron chi connectivity index (χ4n) is 1.27. The monoisotopic (exact) mass is 237 g/mol. The number of nitrogens with zero attached hydrogens (tertiary/aromatic N) is 2. The van der Waals surface area contributed by atoms with Gasteiger partial charge in [0.15, 0.2) is 6.29 Å². The molecule has 7 nitrogen and oxygen atoms in total. The topological polar surface area (TPSA) is 98.1 Å². The molecule has 0 aliphatic heterocycles. The molecule has 90 valence electrons. The minimum Gasteiger partial charge on any atom is -0.388 e. The first kappa shape index (κ1) is 12.8. The number of carbonyl (C=O) groups excluding carboxylic acids is 1. The third kappa shape index (κ3) is 2.85. The zero-order valence-corrected chi connectivity index (χ0v) is 9.34. The van der Waals surface area contributed by atoms with Gasteiger partial charge < -0.3 is 4.74 Å². The van der Waals surface area contributed by atoms with E-state index in [1.165, 1.54) is 18.3 Å². The number of hydrogen-bond donors (Lipinski definition) is 1. The van der Waals surface area contributed by atoms with Crippen LogP contribution in [0.3, 0.4) is 0 Å². The average molecular weight is 237 g/mol. The van der Waals surface area contributed by atoms with E-state index in [4.69, 9.17) is 0 Å². The number of benzene rings is 1. The van der Waals surface area contributed by atoms with Crippen molar-refractivity contribution in [1.82, 2.24) is 10.2 Å². The molecule has 1 heterocycles. The van der Waals surface area contributed by atoms with Crippen LogP contribution in [0.15, 0.2) is 18.3 Å². The van der Waals surface area contributed by atoms with Crippen molar-refractivity contribution in [2.24, 2.45) is 0 Å². The van der Waals surface area contributed by atoms with Crippen molar-refractivity contribution in [2.45, 2.75) is 0 Å². The molecule has 0 unspecified atom stereocenters. The predicted octanol–water partition coefficient (Wildman–Crippen LogP) is 1.55. The maximum absolute atomic E-state index is 10.6. The standard InChI is InChI=1S/C8H5N3O3.C2H6O/c12-4-5-1-6(11(13)14)2-8-7(5)3-9-10-8;1-3-2/h1-4H,(H,9,10);1-2H3. The molecule has 0 aliphatic carbocycles. The number of H-pyrrole nitrogens is 1. The lowest BCUT2D eigenvalue weighted by Gasteiger charge is -1.94. The van der Waals surface area contributed by atoms with Crippen LogP contribution in [0.5, 0.6) is 0 Å². The van der Waals surface area contributed by atoms with Crippen LogP contribution in [0.25, 0.3) is 10.9 Å². The molecule has 2 aromatic rings. The summed E-state index contributed by atoms with van der Waals surface area (Å²) in [6, 6.07) is 2.57. The Morgan fingerprint density at radius 1 is 1.47 bits per heavy atom. The highest BCUT2D eigenvalue weighted by Crippen LogP contribution is 2.22. The molecule has 2 rings (SSSR count). The van der Waals surface area contributed by atoms with E-state index in [2.05, 4.69) is 14.9 Å². The normalized spacial score (nSPS) is 9.53. The first-order valence-electron chi connectivity index (χ1n) is 4.60. The molecule has 0 radical (unpaired) electrons. The van der Waals surface area contributed by atoms with Crippen molar-refractivity contribution in [3.63, 3.8) is 0 Å². The molecule has 0 bridgehead atoms. The number of nitro groups is 1. The van der Waals surface area contributed by atoms with Gasteiger partial charge in [0.1, 0.15) is 0 Å². The molecule has 0 atom stereocenters. The van der Waals surface area contributed by atoms with Crippen LogP contribution in [-0.4, -0.2) is 35.6 Å². The van der Waals surface area contributed by atoms with E-state index in [1.807, 2.05) is 0 Å². The van der Waals surface area contributed by atoms with E-state index >= 15 is 0 Å². The molecule has 0 spiro atoms. The van der Waals surface area contributed by atoms with Gasteiger partial charge in [0, 0.05) is 37.3 Å². The number of rotatable bonds is 2. The lowest BCUT2D eigenvalue weighted by atomic mass is 10.1. The summed E-state index contributed by atoms with van der Waals surface area (Å²) in [5, 5.41) is 17.4. The molecule has 1 aromatic carbocycles. The van der Waals surface area contributed by atoms with Gasteiger partial charge in [-0.15, -0.1) is 0 Å².